The van der Waals surface area contributed by atoms with Crippen molar-refractivity contribution in [3.8, 4) is 0 Å². The van der Waals surface area contributed by atoms with E-state index in [1.165, 1.54) is 15.4 Å². The Hall–Kier alpha value is -3.29. The Labute approximate surface area is 228 Å². The minimum absolute atomic E-state index is 0.0733. The van der Waals surface area contributed by atoms with Gasteiger partial charge in [-0.15, -0.1) is 0 Å². The number of carbonyl (C=O) groups excluding carboxylic acids is 3. The lowest BCUT2D eigenvalue weighted by Crippen LogP contribution is -2.57. The van der Waals surface area contributed by atoms with Crippen molar-refractivity contribution < 1.29 is 23.9 Å². The monoisotopic (exact) mass is 557 g/mol. The van der Waals surface area contributed by atoms with Crippen LogP contribution in [0.2, 0.25) is 0 Å². The molecule has 0 bridgehead atoms. The zero-order valence-electron chi connectivity index (χ0n) is 20.8. The molecule has 0 saturated carbocycles. The number of aromatic nitrogens is 2. The van der Waals surface area contributed by atoms with E-state index in [1.54, 1.807) is 36.2 Å². The highest BCUT2D eigenvalue weighted by molar-refractivity contribution is 8.26. The first kappa shape index (κ1) is 26.3. The van der Waals surface area contributed by atoms with Gasteiger partial charge in [0.1, 0.15) is 21.8 Å². The highest BCUT2D eigenvalue weighted by Gasteiger charge is 2.37. The van der Waals surface area contributed by atoms with Crippen LogP contribution < -0.4 is 15.8 Å². The van der Waals surface area contributed by atoms with Crippen molar-refractivity contribution in [3.05, 3.63) is 45.2 Å². The summed E-state index contributed by atoms with van der Waals surface area (Å²) in [4.78, 5) is 60.4. The van der Waals surface area contributed by atoms with E-state index in [0.29, 0.717) is 36.2 Å². The van der Waals surface area contributed by atoms with Crippen LogP contribution in [0.4, 0.5) is 5.82 Å². The second-order valence-corrected chi connectivity index (χ2v) is 10.7. The molecule has 3 fully saturated rings. The minimum atomic E-state index is -0.929. The van der Waals surface area contributed by atoms with Crippen LogP contribution in [0, 0.1) is 0 Å². The van der Waals surface area contributed by atoms with E-state index < -0.39 is 17.6 Å². The van der Waals surface area contributed by atoms with Crippen LogP contribution >= 0.6 is 24.0 Å². The van der Waals surface area contributed by atoms with Crippen molar-refractivity contribution in [1.82, 2.24) is 19.6 Å². The predicted molar refractivity (Wildman–Crippen MR) is 146 cm³/mol. The summed E-state index contributed by atoms with van der Waals surface area (Å²) in [6, 6.07) is 4.21. The molecule has 2 aromatic rings. The van der Waals surface area contributed by atoms with E-state index in [4.69, 9.17) is 26.7 Å². The van der Waals surface area contributed by atoms with Crippen LogP contribution in [0.15, 0.2) is 34.1 Å². The zero-order valence-corrected chi connectivity index (χ0v) is 22.4. The molecule has 5 heterocycles. The number of carbonyl (C=O) groups is 3. The van der Waals surface area contributed by atoms with Gasteiger partial charge in [0.25, 0.3) is 11.5 Å². The van der Waals surface area contributed by atoms with Crippen molar-refractivity contribution >= 4 is 63.6 Å². The van der Waals surface area contributed by atoms with Crippen LogP contribution in [-0.4, -0.2) is 81.4 Å². The number of nitrogens with zero attached hydrogens (tertiary/aromatic N) is 4. The van der Waals surface area contributed by atoms with E-state index in [1.807, 2.05) is 0 Å². The third-order valence-electron chi connectivity index (χ3n) is 6.58. The molecular weight excluding hydrogens is 530 g/mol. The smallest absolute Gasteiger partial charge is 0.308 e. The molecule has 200 valence electrons. The highest BCUT2D eigenvalue weighted by atomic mass is 32.2. The van der Waals surface area contributed by atoms with E-state index in [2.05, 4.69) is 5.32 Å². The Morgan fingerprint density at radius 1 is 1.34 bits per heavy atom. The number of hydrogen-bond donors (Lipinski definition) is 1. The molecule has 0 unspecified atom stereocenters. The first-order valence-corrected chi connectivity index (χ1v) is 13.7. The SMILES string of the molecule is CCOC(=O)C[C@H]1C(=O)NCCN1c1nc2ccccn2c(=O)c1/C=C1/SC(=S)N(C[C@@H]2CCCO2)C1=O. The molecule has 11 nitrogen and oxygen atoms in total. The molecular formula is C25H27N5O6S2. The molecule has 0 spiro atoms. The number of pyridine rings is 1. The summed E-state index contributed by atoms with van der Waals surface area (Å²) in [6.45, 7) is 3.51. The summed E-state index contributed by atoms with van der Waals surface area (Å²) in [7, 11) is 0. The van der Waals surface area contributed by atoms with Crippen LogP contribution in [0.25, 0.3) is 11.7 Å². The van der Waals surface area contributed by atoms with E-state index >= 15 is 0 Å². The molecule has 2 atom stereocenters. The lowest BCUT2D eigenvalue weighted by molar-refractivity contribution is -0.145. The van der Waals surface area contributed by atoms with Crippen molar-refractivity contribution in [2.24, 2.45) is 0 Å². The molecule has 3 aliphatic rings. The van der Waals surface area contributed by atoms with Gasteiger partial charge < -0.3 is 19.7 Å². The summed E-state index contributed by atoms with van der Waals surface area (Å²) in [5.41, 5.74) is 0.0992. The molecule has 1 N–H and O–H groups in total. The standard InChI is InChI=1S/C25H27N5O6S2/c1-2-35-20(31)13-17-22(32)26-8-10-28(17)21-16(23(33)29-9-4-3-7-19(29)27-21)12-18-24(34)30(25(37)38-18)14-15-6-5-11-36-15/h3-4,7,9,12,15,17H,2,5-6,8,10-11,13-14H2,1H3,(H,26,32)/b18-12+/t15-,17-/m0/s1. The van der Waals surface area contributed by atoms with E-state index in [-0.39, 0.29) is 47.2 Å². The number of piperazine rings is 1. The summed E-state index contributed by atoms with van der Waals surface area (Å²) in [6.07, 6.45) is 4.60. The van der Waals surface area contributed by atoms with Crippen molar-refractivity contribution in [1.29, 1.82) is 0 Å². The molecule has 5 rings (SSSR count). The van der Waals surface area contributed by atoms with Gasteiger partial charge in [-0.25, -0.2) is 4.98 Å². The number of thioether (sulfide) groups is 1. The summed E-state index contributed by atoms with van der Waals surface area (Å²) in [5, 5.41) is 2.77. The second kappa shape index (κ2) is 11.2. The van der Waals surface area contributed by atoms with E-state index in [0.717, 1.165) is 24.6 Å². The van der Waals surface area contributed by atoms with Gasteiger partial charge >= 0.3 is 5.97 Å². The number of esters is 1. The van der Waals surface area contributed by atoms with Gasteiger partial charge in [-0.05, 0) is 38.0 Å². The minimum Gasteiger partial charge on any atom is -0.466 e. The predicted octanol–water partition coefficient (Wildman–Crippen LogP) is 1.33. The number of rotatable bonds is 7. The maximum atomic E-state index is 13.7. The van der Waals surface area contributed by atoms with Gasteiger partial charge in [0.15, 0.2) is 0 Å². The summed E-state index contributed by atoms with van der Waals surface area (Å²) in [5.74, 6) is -0.991. The Balaban J connectivity index is 1.57. The molecule has 38 heavy (non-hydrogen) atoms. The number of amides is 2. The number of ether oxygens (including phenoxy) is 2. The largest absolute Gasteiger partial charge is 0.466 e. The first-order chi connectivity index (χ1) is 18.4. The van der Waals surface area contributed by atoms with Crippen LogP contribution in [0.1, 0.15) is 31.7 Å². The van der Waals surface area contributed by atoms with Gasteiger partial charge in [-0.1, -0.05) is 30.0 Å². The van der Waals surface area contributed by atoms with Crippen molar-refractivity contribution in [3.63, 3.8) is 0 Å². The summed E-state index contributed by atoms with van der Waals surface area (Å²) < 4.78 is 12.5. The van der Waals surface area contributed by atoms with Gasteiger partial charge in [0.2, 0.25) is 5.91 Å². The van der Waals surface area contributed by atoms with Gasteiger partial charge in [0, 0.05) is 25.9 Å². The third-order valence-corrected chi connectivity index (χ3v) is 7.95. The Kier molecular flexibility index (Phi) is 7.77. The van der Waals surface area contributed by atoms with Crippen LogP contribution in [-0.2, 0) is 23.9 Å². The molecule has 2 amide bonds. The zero-order chi connectivity index (χ0) is 26.8. The van der Waals surface area contributed by atoms with E-state index in [9.17, 15) is 19.2 Å². The number of hydrogen-bond acceptors (Lipinski definition) is 10. The quantitative estimate of drug-likeness (QED) is 0.303. The van der Waals surface area contributed by atoms with Gasteiger partial charge in [-0.2, -0.15) is 0 Å². The highest BCUT2D eigenvalue weighted by Crippen LogP contribution is 2.35. The Morgan fingerprint density at radius 2 is 2.18 bits per heavy atom. The topological polar surface area (TPSA) is 123 Å². The molecule has 0 aromatic carbocycles. The third kappa shape index (κ3) is 5.18. The Morgan fingerprint density at radius 3 is 2.95 bits per heavy atom. The fourth-order valence-corrected chi connectivity index (χ4v) is 6.02. The number of fused-ring (bicyclic) bond motifs is 1. The maximum Gasteiger partial charge on any atom is 0.308 e. The molecule has 0 aliphatic carbocycles. The normalized spacial score (nSPS) is 23.0. The molecule has 3 aliphatic heterocycles. The lowest BCUT2D eigenvalue weighted by Gasteiger charge is -2.36. The average molecular weight is 558 g/mol. The first-order valence-electron chi connectivity index (χ1n) is 12.5. The Bertz CT molecular complexity index is 1390. The number of anilines is 1. The molecule has 3 saturated heterocycles. The lowest BCUT2D eigenvalue weighted by atomic mass is 10.1. The molecule has 13 heteroatoms. The maximum absolute atomic E-state index is 13.7. The van der Waals surface area contributed by atoms with Gasteiger partial charge in [0.05, 0.1) is 36.1 Å². The van der Waals surface area contributed by atoms with Crippen LogP contribution in [0.5, 0.6) is 0 Å². The van der Waals surface area contributed by atoms with Crippen molar-refractivity contribution in [2.45, 2.75) is 38.3 Å². The summed E-state index contributed by atoms with van der Waals surface area (Å²) >= 11 is 6.59. The number of thiocarbonyl (C=S) groups is 1. The number of nitrogens with one attached hydrogen (secondary N) is 1. The van der Waals surface area contributed by atoms with Crippen LogP contribution in [0.3, 0.4) is 0 Å². The average Bonchev–Trinajstić information content (AvgIpc) is 3.51. The van der Waals surface area contributed by atoms with Crippen molar-refractivity contribution in [2.75, 3.05) is 37.7 Å². The second-order valence-electron chi connectivity index (χ2n) is 9.02. The molecule has 0 radical (unpaired) electrons. The fraction of sp³-hybridized carbons (Fsp3) is 0.440. The van der Waals surface area contributed by atoms with Gasteiger partial charge in [-0.3, -0.25) is 28.5 Å². The molecule has 2 aromatic heterocycles. The fourth-order valence-electron chi connectivity index (χ4n) is 4.77.